The molecule has 20 heteroatoms. The van der Waals surface area contributed by atoms with Gasteiger partial charge in [0.05, 0.1) is 25.9 Å². The van der Waals surface area contributed by atoms with E-state index in [1.165, 1.54) is 58.3 Å². The van der Waals surface area contributed by atoms with Crippen LogP contribution < -0.4 is 22.1 Å². The number of amides is 4. The predicted octanol–water partition coefficient (Wildman–Crippen LogP) is 1.82. The number of aliphatic hydroxyl groups is 2. The maximum Gasteiger partial charge on any atom is 0.472 e. The van der Waals surface area contributed by atoms with Gasteiger partial charge in [0.2, 0.25) is 23.6 Å². The zero-order chi connectivity index (χ0) is 43.1. The molecule has 0 spiro atoms. The van der Waals surface area contributed by atoms with Gasteiger partial charge < -0.3 is 56.7 Å². The van der Waals surface area contributed by atoms with Crippen LogP contribution in [0, 0.1) is 5.92 Å². The summed E-state index contributed by atoms with van der Waals surface area (Å²) in [7, 11) is -4.32. The Labute approximate surface area is 336 Å². The molecule has 1 aliphatic rings. The number of nitrogens with one attached hydrogen (secondary N) is 2. The van der Waals surface area contributed by atoms with Gasteiger partial charge in [-0.3, -0.25) is 28.2 Å². The fraction of sp³-hybridized carbons (Fsp3) is 0.865. The maximum absolute atomic E-state index is 13.7. The monoisotopic (exact) mass is 839 g/mol. The number of aliphatic carboxylic acids is 1. The van der Waals surface area contributed by atoms with Crippen molar-refractivity contribution in [2.24, 2.45) is 17.4 Å². The van der Waals surface area contributed by atoms with Gasteiger partial charge >= 0.3 is 13.8 Å². The van der Waals surface area contributed by atoms with Crippen molar-refractivity contribution in [1.29, 1.82) is 0 Å². The van der Waals surface area contributed by atoms with Gasteiger partial charge in [0, 0.05) is 19.9 Å². The summed E-state index contributed by atoms with van der Waals surface area (Å²) in [6, 6.07) is -4.14. The highest BCUT2D eigenvalue weighted by molar-refractivity contribution is 7.47. The molecule has 9 atom stereocenters. The lowest BCUT2D eigenvalue weighted by molar-refractivity contribution is -0.247. The first-order valence-electron chi connectivity index (χ1n) is 20.2. The van der Waals surface area contributed by atoms with E-state index in [0.717, 1.165) is 31.1 Å². The van der Waals surface area contributed by atoms with Crippen LogP contribution in [0.25, 0.3) is 0 Å². The second-order valence-electron chi connectivity index (χ2n) is 14.9. The van der Waals surface area contributed by atoms with Crippen molar-refractivity contribution in [2.45, 2.75) is 173 Å². The van der Waals surface area contributed by atoms with E-state index in [4.69, 9.17) is 30.0 Å². The molecule has 1 aliphatic heterocycles. The van der Waals surface area contributed by atoms with Crippen molar-refractivity contribution >= 4 is 37.4 Å². The van der Waals surface area contributed by atoms with E-state index in [-0.39, 0.29) is 32.6 Å². The van der Waals surface area contributed by atoms with E-state index in [2.05, 4.69) is 17.6 Å². The van der Waals surface area contributed by atoms with E-state index in [0.29, 0.717) is 6.42 Å². The smallest absolute Gasteiger partial charge is 0.472 e. The van der Waals surface area contributed by atoms with Crippen molar-refractivity contribution in [1.82, 2.24) is 15.5 Å². The molecule has 57 heavy (non-hydrogen) atoms. The first-order chi connectivity index (χ1) is 26.9. The number of primary amides is 1. The van der Waals surface area contributed by atoms with Crippen LogP contribution >= 0.6 is 7.82 Å². The van der Waals surface area contributed by atoms with Crippen molar-refractivity contribution in [2.75, 3.05) is 26.4 Å². The zero-order valence-corrected chi connectivity index (χ0v) is 35.2. The van der Waals surface area contributed by atoms with Crippen molar-refractivity contribution < 1.29 is 67.3 Å². The average Bonchev–Trinajstić information content (AvgIpc) is 3.14. The first kappa shape index (κ1) is 52.3. The highest BCUT2D eigenvalue weighted by Crippen LogP contribution is 2.43. The highest BCUT2D eigenvalue weighted by Gasteiger charge is 2.50. The fourth-order valence-electron chi connectivity index (χ4n) is 6.52. The number of carbonyl (C=O) groups excluding carboxylic acids is 4. The molecule has 1 heterocycles. The number of aliphatic hydroxyl groups excluding tert-OH is 2. The molecule has 1 fully saturated rings. The van der Waals surface area contributed by atoms with Crippen LogP contribution in [0.2, 0.25) is 0 Å². The Balaban J connectivity index is 2.64. The number of carboxylic acids is 1. The number of hydrogen-bond donors (Lipinski definition) is 8. The van der Waals surface area contributed by atoms with E-state index in [1.807, 2.05) is 0 Å². The second-order valence-corrected chi connectivity index (χ2v) is 16.3. The summed E-state index contributed by atoms with van der Waals surface area (Å²) < 4.78 is 33.4. The Kier molecular flexibility index (Phi) is 25.6. The number of hydrogen-bond acceptors (Lipinski definition) is 13. The predicted molar refractivity (Wildman–Crippen MR) is 209 cm³/mol. The quantitative estimate of drug-likeness (QED) is 0.0365. The molecular weight excluding hydrogens is 769 g/mol. The third-order valence-corrected chi connectivity index (χ3v) is 10.7. The molecule has 0 aliphatic carbocycles. The molecule has 19 nitrogen and oxygen atoms in total. The molecule has 4 amide bonds. The van der Waals surface area contributed by atoms with Crippen LogP contribution in [0.4, 0.5) is 0 Å². The minimum Gasteiger partial charge on any atom is -0.479 e. The number of rotatable bonds is 31. The maximum atomic E-state index is 13.7. The Morgan fingerprint density at radius 3 is 1.95 bits per heavy atom. The summed E-state index contributed by atoms with van der Waals surface area (Å²) in [4.78, 5) is 74.1. The van der Waals surface area contributed by atoms with Crippen molar-refractivity contribution in [3.05, 3.63) is 0 Å². The molecule has 0 aromatic heterocycles. The summed E-state index contributed by atoms with van der Waals surface area (Å²) in [5.41, 5.74) is 11.9. The number of ether oxygens (including phenoxy) is 2. The molecule has 0 aromatic carbocycles. The van der Waals surface area contributed by atoms with Gasteiger partial charge in [0.25, 0.3) is 0 Å². The molecular formula is C37H70N5O14P. The summed E-state index contributed by atoms with van der Waals surface area (Å²) in [6.45, 7) is 6.55. The van der Waals surface area contributed by atoms with Gasteiger partial charge in [-0.1, -0.05) is 91.4 Å². The Morgan fingerprint density at radius 1 is 0.912 bits per heavy atom. The largest absolute Gasteiger partial charge is 0.479 e. The number of phosphoric acid groups is 1. The van der Waals surface area contributed by atoms with Crippen LogP contribution in [0.5, 0.6) is 0 Å². The second kappa shape index (κ2) is 27.9. The Morgan fingerprint density at radius 2 is 1.46 bits per heavy atom. The van der Waals surface area contributed by atoms with Gasteiger partial charge in [-0.15, -0.1) is 0 Å². The highest BCUT2D eigenvalue weighted by atomic mass is 31.2. The topological polar surface area (TPSA) is 300 Å². The normalized spacial score (nSPS) is 22.2. The number of carboxylic acid groups (broad SMARTS) is 1. The molecule has 2 unspecified atom stereocenters. The van der Waals surface area contributed by atoms with Crippen LogP contribution in [0.3, 0.4) is 0 Å². The number of phosphoric ester groups is 1. The molecule has 0 aromatic rings. The summed E-state index contributed by atoms with van der Waals surface area (Å²) >= 11 is 0. The molecule has 1 rings (SSSR count). The van der Waals surface area contributed by atoms with Gasteiger partial charge in [0.15, 0.2) is 12.3 Å². The molecule has 10 N–H and O–H groups in total. The third-order valence-electron chi connectivity index (χ3n) is 9.72. The molecule has 0 bridgehead atoms. The lowest BCUT2D eigenvalue weighted by Gasteiger charge is -2.49. The number of carbonyl (C=O) groups is 5. The van der Waals surface area contributed by atoms with Crippen LogP contribution in [-0.2, 0) is 47.1 Å². The van der Waals surface area contributed by atoms with E-state index in [1.54, 1.807) is 13.8 Å². The number of nitrogens with two attached hydrogens (primary N) is 2. The number of nitrogens with zero attached hydrogens (tertiary/aromatic N) is 1. The SMILES string of the molecule is CCCCCCCCCCCCCCOP(=O)(O)OCCNC(=O)CC[C@@H](NC(=O)[C@H](C(C)C)N(C(C)=O)C1O[C@H](CO)[C@@H](O)[C@H](O[C@H](C)C(=O)O)[C@H]1N)C(N)=O. The minimum absolute atomic E-state index is 0.0629. The third kappa shape index (κ3) is 19.7. The Bertz CT molecular complexity index is 1280. The van der Waals surface area contributed by atoms with Gasteiger partial charge in [-0.05, 0) is 25.7 Å². The Hall–Kier alpha value is -2.74. The summed E-state index contributed by atoms with van der Waals surface area (Å²) in [5, 5.41) is 34.9. The standard InChI is InChI=1S/C37H70N5O14P/c1-6-7-8-9-10-11-12-13-14-15-16-17-21-53-57(51,52)54-22-20-40-29(45)19-18-27(34(39)47)41-35(48)31(24(2)3)42(26(5)44)36-30(38)33(55-25(4)37(49)50)32(46)28(23-43)56-36/h24-25,27-28,30-33,36,43,46H,6-23,38H2,1-5H3,(H2,39,47)(H,40,45)(H,41,48)(H,49,50)(H,51,52)/t25-,27-,28-,30-,31+,32-,33-,36?/m1/s1. The minimum atomic E-state index is -4.32. The summed E-state index contributed by atoms with van der Waals surface area (Å²) in [5.74, 6) is -5.14. The molecule has 332 valence electrons. The van der Waals surface area contributed by atoms with Crippen molar-refractivity contribution in [3.8, 4) is 0 Å². The van der Waals surface area contributed by atoms with Crippen LogP contribution in [0.1, 0.15) is 125 Å². The van der Waals surface area contributed by atoms with Gasteiger partial charge in [-0.25, -0.2) is 9.36 Å². The zero-order valence-electron chi connectivity index (χ0n) is 34.3. The lowest BCUT2D eigenvalue weighted by Crippen LogP contribution is -2.71. The first-order valence-corrected chi connectivity index (χ1v) is 21.7. The summed E-state index contributed by atoms with van der Waals surface area (Å²) in [6.07, 6.45) is 5.88. The molecule has 1 saturated heterocycles. The van der Waals surface area contributed by atoms with E-state index >= 15 is 0 Å². The molecule has 0 saturated carbocycles. The molecule has 0 radical (unpaired) electrons. The van der Waals surface area contributed by atoms with Crippen LogP contribution in [-0.4, -0.2) is 130 Å². The van der Waals surface area contributed by atoms with Gasteiger partial charge in [0.1, 0.15) is 30.4 Å². The average molecular weight is 840 g/mol. The van der Waals surface area contributed by atoms with Gasteiger partial charge in [-0.2, -0.15) is 0 Å². The van der Waals surface area contributed by atoms with Crippen molar-refractivity contribution in [3.63, 3.8) is 0 Å². The fourth-order valence-corrected chi connectivity index (χ4v) is 7.28. The van der Waals surface area contributed by atoms with E-state index < -0.39 is 98.7 Å². The van der Waals surface area contributed by atoms with Crippen LogP contribution in [0.15, 0.2) is 0 Å². The van der Waals surface area contributed by atoms with E-state index in [9.17, 15) is 48.8 Å². The lowest BCUT2D eigenvalue weighted by atomic mass is 9.92. The number of unbranched alkanes of at least 4 members (excludes halogenated alkanes) is 11.